The molecule has 114 valence electrons. The Balaban J connectivity index is 1.62. The van der Waals surface area contributed by atoms with E-state index in [1.165, 1.54) is 10.4 Å². The number of rotatable bonds is 2. The Morgan fingerprint density at radius 2 is 2.09 bits per heavy atom. The fourth-order valence-corrected chi connectivity index (χ4v) is 5.45. The molecular formula is C17H13N3OS2. The normalized spacial score (nSPS) is 13.9. The van der Waals surface area contributed by atoms with E-state index in [9.17, 15) is 4.79 Å². The minimum Gasteiger partial charge on any atom is -0.292 e. The molecule has 0 aliphatic heterocycles. The van der Waals surface area contributed by atoms with Crippen LogP contribution in [0.15, 0.2) is 35.4 Å². The molecule has 0 atom stereocenters. The Kier molecular flexibility index (Phi) is 2.90. The van der Waals surface area contributed by atoms with Crippen molar-refractivity contribution in [3.63, 3.8) is 0 Å². The van der Waals surface area contributed by atoms with E-state index in [0.29, 0.717) is 6.54 Å². The average molecular weight is 339 g/mol. The van der Waals surface area contributed by atoms with Crippen molar-refractivity contribution >= 4 is 43.1 Å². The van der Waals surface area contributed by atoms with Gasteiger partial charge in [0.25, 0.3) is 5.56 Å². The molecule has 1 aliphatic rings. The Hall–Kier alpha value is -2.05. The van der Waals surface area contributed by atoms with Crippen LogP contribution in [0, 0.1) is 0 Å². The fourth-order valence-electron chi connectivity index (χ4n) is 3.27. The zero-order valence-electron chi connectivity index (χ0n) is 12.3. The zero-order valence-corrected chi connectivity index (χ0v) is 13.9. The van der Waals surface area contributed by atoms with Gasteiger partial charge in [-0.15, -0.1) is 22.7 Å². The van der Waals surface area contributed by atoms with Crippen LogP contribution in [0.4, 0.5) is 0 Å². The number of hydrogen-bond donors (Lipinski definition) is 0. The van der Waals surface area contributed by atoms with Gasteiger partial charge in [-0.3, -0.25) is 9.36 Å². The molecule has 3 heterocycles. The van der Waals surface area contributed by atoms with Crippen LogP contribution in [0.2, 0.25) is 0 Å². The number of aryl methyl sites for hydroxylation is 2. The number of thiophene rings is 1. The van der Waals surface area contributed by atoms with E-state index in [4.69, 9.17) is 0 Å². The molecule has 4 nitrogen and oxygen atoms in total. The Morgan fingerprint density at radius 1 is 1.17 bits per heavy atom. The first-order valence-electron chi connectivity index (χ1n) is 7.64. The van der Waals surface area contributed by atoms with E-state index in [1.807, 2.05) is 18.2 Å². The van der Waals surface area contributed by atoms with Crippen LogP contribution in [-0.4, -0.2) is 14.5 Å². The maximum atomic E-state index is 12.9. The highest BCUT2D eigenvalue weighted by molar-refractivity contribution is 7.19. The third kappa shape index (κ3) is 2.05. The predicted octanol–water partition coefficient (Wildman–Crippen LogP) is 3.60. The highest BCUT2D eigenvalue weighted by Gasteiger charge is 2.21. The third-order valence-corrected chi connectivity index (χ3v) is 6.56. The van der Waals surface area contributed by atoms with E-state index in [2.05, 4.69) is 16.0 Å². The molecule has 0 fully saturated rings. The zero-order chi connectivity index (χ0) is 15.4. The van der Waals surface area contributed by atoms with Crippen molar-refractivity contribution in [2.75, 3.05) is 0 Å². The summed E-state index contributed by atoms with van der Waals surface area (Å²) in [6.45, 7) is 0.492. The summed E-state index contributed by atoms with van der Waals surface area (Å²) in [4.78, 5) is 24.3. The van der Waals surface area contributed by atoms with Crippen molar-refractivity contribution in [3.8, 4) is 0 Å². The molecule has 6 heteroatoms. The lowest BCUT2D eigenvalue weighted by molar-refractivity contribution is 0.745. The van der Waals surface area contributed by atoms with Crippen LogP contribution < -0.4 is 5.56 Å². The maximum Gasteiger partial charge on any atom is 0.262 e. The maximum absolute atomic E-state index is 12.9. The summed E-state index contributed by atoms with van der Waals surface area (Å²) < 4.78 is 2.85. The van der Waals surface area contributed by atoms with Crippen LogP contribution in [-0.2, 0) is 19.4 Å². The molecule has 0 saturated carbocycles. The standard InChI is InChI=1S/C17H13N3OS2/c21-17-15-10-4-3-7-12(10)23-16(15)18-9-20(17)8-14-19-11-5-1-2-6-13(11)22-14/h1-2,5-6,9H,3-4,7-8H2. The number of aromatic nitrogens is 3. The molecule has 5 rings (SSSR count). The SMILES string of the molecule is O=c1c2c3c(sc2ncn1Cc1nc2ccccc2s1)CCC3. The molecule has 3 aromatic heterocycles. The van der Waals surface area contributed by atoms with Gasteiger partial charge in [0.2, 0.25) is 0 Å². The lowest BCUT2D eigenvalue weighted by Gasteiger charge is -2.03. The molecule has 0 spiro atoms. The minimum absolute atomic E-state index is 0.0775. The second-order valence-electron chi connectivity index (χ2n) is 5.79. The smallest absolute Gasteiger partial charge is 0.262 e. The molecule has 0 saturated heterocycles. The van der Waals surface area contributed by atoms with Gasteiger partial charge in [0.05, 0.1) is 28.5 Å². The molecule has 0 amide bonds. The first-order valence-corrected chi connectivity index (χ1v) is 9.27. The minimum atomic E-state index is 0.0775. The van der Waals surface area contributed by atoms with Gasteiger partial charge in [0.1, 0.15) is 9.84 Å². The van der Waals surface area contributed by atoms with Crippen LogP contribution in [0.25, 0.3) is 20.4 Å². The molecule has 1 aromatic carbocycles. The highest BCUT2D eigenvalue weighted by Crippen LogP contribution is 2.34. The van der Waals surface area contributed by atoms with Gasteiger partial charge in [-0.2, -0.15) is 0 Å². The molecule has 0 N–H and O–H groups in total. The molecule has 0 bridgehead atoms. The molecule has 0 radical (unpaired) electrons. The summed E-state index contributed by atoms with van der Waals surface area (Å²) in [5.74, 6) is 0. The summed E-state index contributed by atoms with van der Waals surface area (Å²) >= 11 is 3.32. The third-order valence-electron chi connectivity index (χ3n) is 4.34. The quantitative estimate of drug-likeness (QED) is 0.560. The second-order valence-corrected chi connectivity index (χ2v) is 7.99. The van der Waals surface area contributed by atoms with Crippen molar-refractivity contribution in [2.24, 2.45) is 0 Å². The van der Waals surface area contributed by atoms with Gasteiger partial charge in [-0.05, 0) is 37.0 Å². The average Bonchev–Trinajstić information content (AvgIpc) is 3.22. The number of fused-ring (bicyclic) bond motifs is 4. The number of nitrogens with zero attached hydrogens (tertiary/aromatic N) is 3. The van der Waals surface area contributed by atoms with E-state index in [1.54, 1.807) is 33.6 Å². The Bertz CT molecular complexity index is 1070. The van der Waals surface area contributed by atoms with Crippen LogP contribution >= 0.6 is 22.7 Å². The number of para-hydroxylation sites is 1. The first kappa shape index (κ1) is 13.4. The molecule has 0 unspecified atom stereocenters. The molecule has 1 aliphatic carbocycles. The summed E-state index contributed by atoms with van der Waals surface area (Å²) in [6, 6.07) is 8.07. The lowest BCUT2D eigenvalue weighted by Crippen LogP contribution is -2.21. The van der Waals surface area contributed by atoms with Crippen molar-refractivity contribution in [2.45, 2.75) is 25.8 Å². The molecule has 4 aromatic rings. The molecular weight excluding hydrogens is 326 g/mol. The van der Waals surface area contributed by atoms with Gasteiger partial charge in [0.15, 0.2) is 0 Å². The fraction of sp³-hybridized carbons (Fsp3) is 0.235. The monoisotopic (exact) mass is 339 g/mol. The van der Waals surface area contributed by atoms with E-state index >= 15 is 0 Å². The first-order chi connectivity index (χ1) is 11.3. The van der Waals surface area contributed by atoms with Gasteiger partial charge in [-0.1, -0.05) is 12.1 Å². The van der Waals surface area contributed by atoms with Gasteiger partial charge < -0.3 is 0 Å². The van der Waals surface area contributed by atoms with Crippen LogP contribution in [0.3, 0.4) is 0 Å². The van der Waals surface area contributed by atoms with Crippen molar-refractivity contribution < 1.29 is 0 Å². The van der Waals surface area contributed by atoms with Gasteiger partial charge in [0, 0.05) is 4.88 Å². The van der Waals surface area contributed by atoms with Crippen molar-refractivity contribution in [1.82, 2.24) is 14.5 Å². The topological polar surface area (TPSA) is 47.8 Å². The predicted molar refractivity (Wildman–Crippen MR) is 94.6 cm³/mol. The lowest BCUT2D eigenvalue weighted by atomic mass is 10.2. The van der Waals surface area contributed by atoms with E-state index in [-0.39, 0.29) is 5.56 Å². The van der Waals surface area contributed by atoms with E-state index in [0.717, 1.165) is 44.7 Å². The van der Waals surface area contributed by atoms with Gasteiger partial charge in [-0.25, -0.2) is 9.97 Å². The van der Waals surface area contributed by atoms with Crippen molar-refractivity contribution in [1.29, 1.82) is 0 Å². The second kappa shape index (κ2) is 4.97. The van der Waals surface area contributed by atoms with Crippen molar-refractivity contribution in [3.05, 3.63) is 56.4 Å². The Morgan fingerprint density at radius 3 is 3.00 bits per heavy atom. The summed E-state index contributed by atoms with van der Waals surface area (Å²) in [5.41, 5.74) is 2.31. The van der Waals surface area contributed by atoms with Crippen LogP contribution in [0.1, 0.15) is 21.9 Å². The number of thiazole rings is 1. The highest BCUT2D eigenvalue weighted by atomic mass is 32.1. The summed E-state index contributed by atoms with van der Waals surface area (Å²) in [6.07, 6.45) is 4.93. The Labute approximate surface area is 140 Å². The number of benzene rings is 1. The summed E-state index contributed by atoms with van der Waals surface area (Å²) in [5, 5.41) is 1.78. The van der Waals surface area contributed by atoms with E-state index < -0.39 is 0 Å². The van der Waals surface area contributed by atoms with Crippen LogP contribution in [0.5, 0.6) is 0 Å². The number of hydrogen-bond acceptors (Lipinski definition) is 5. The summed E-state index contributed by atoms with van der Waals surface area (Å²) in [7, 11) is 0. The van der Waals surface area contributed by atoms with Gasteiger partial charge >= 0.3 is 0 Å². The molecule has 23 heavy (non-hydrogen) atoms. The largest absolute Gasteiger partial charge is 0.292 e.